The summed E-state index contributed by atoms with van der Waals surface area (Å²) in [5.74, 6) is -1.63. The molecule has 17 heavy (non-hydrogen) atoms. The molecule has 0 saturated heterocycles. The van der Waals surface area contributed by atoms with E-state index in [0.717, 1.165) is 0 Å². The van der Waals surface area contributed by atoms with Crippen molar-refractivity contribution >= 4 is 52.3 Å². The summed E-state index contributed by atoms with van der Waals surface area (Å²) < 4.78 is -2.28. The number of nitrogens with two attached hydrogens (primary N) is 1. The van der Waals surface area contributed by atoms with E-state index in [2.05, 4.69) is 4.98 Å². The Labute approximate surface area is 110 Å². The number of carboxylic acids is 1. The van der Waals surface area contributed by atoms with Gasteiger partial charge in [0.1, 0.15) is 0 Å². The number of aromatic nitrogens is 1. The van der Waals surface area contributed by atoms with E-state index in [0.29, 0.717) is 0 Å². The molecule has 0 radical (unpaired) electrons. The SMILES string of the molecule is Nc1[nH+]cccc1[N+](=O)[O-].O=C([O-])C(Cl)(Cl)Cl. The van der Waals surface area contributed by atoms with Crippen LogP contribution in [0.5, 0.6) is 0 Å². The third-order valence-electron chi connectivity index (χ3n) is 1.29. The van der Waals surface area contributed by atoms with Crippen LogP contribution >= 0.6 is 34.8 Å². The lowest BCUT2D eigenvalue weighted by atomic mass is 10.4. The fourth-order valence-electron chi connectivity index (χ4n) is 0.600. The summed E-state index contributed by atoms with van der Waals surface area (Å²) in [6, 6.07) is 2.86. The molecular formula is C7H6Cl3N3O4. The van der Waals surface area contributed by atoms with E-state index >= 15 is 0 Å². The predicted octanol–water partition coefficient (Wildman–Crippen LogP) is 0.0976. The van der Waals surface area contributed by atoms with Gasteiger partial charge in [-0.2, -0.15) is 0 Å². The summed E-state index contributed by atoms with van der Waals surface area (Å²) in [7, 11) is 0. The molecule has 0 spiro atoms. The van der Waals surface area contributed by atoms with Gasteiger partial charge in [-0.1, -0.05) is 34.8 Å². The van der Waals surface area contributed by atoms with Gasteiger partial charge in [0.2, 0.25) is 3.79 Å². The number of alkyl halides is 3. The van der Waals surface area contributed by atoms with Crippen LogP contribution in [-0.2, 0) is 4.79 Å². The zero-order chi connectivity index (χ0) is 13.6. The number of carbonyl (C=O) groups excluding carboxylic acids is 1. The molecule has 10 heteroatoms. The first-order valence-corrected chi connectivity index (χ1v) is 4.98. The molecule has 0 fully saturated rings. The van der Waals surface area contributed by atoms with Crippen LogP contribution in [0.2, 0.25) is 0 Å². The number of carboxylic acid groups (broad SMARTS) is 1. The maximum Gasteiger partial charge on any atom is 0.357 e. The molecule has 0 aliphatic rings. The molecule has 0 amide bonds. The second-order valence-electron chi connectivity index (χ2n) is 2.51. The second-order valence-corrected chi connectivity index (χ2v) is 4.79. The quantitative estimate of drug-likeness (QED) is 0.447. The Morgan fingerprint density at radius 2 is 1.94 bits per heavy atom. The summed E-state index contributed by atoms with van der Waals surface area (Å²) in [5.41, 5.74) is 5.13. The van der Waals surface area contributed by atoms with Gasteiger partial charge < -0.3 is 9.90 Å². The first-order chi connectivity index (χ1) is 7.66. The van der Waals surface area contributed by atoms with Gasteiger partial charge in [0, 0.05) is 6.07 Å². The van der Waals surface area contributed by atoms with E-state index in [4.69, 9.17) is 40.5 Å². The minimum absolute atomic E-state index is 0.0764. The molecule has 0 aliphatic heterocycles. The number of nitrogens with zero attached hydrogens (tertiary/aromatic N) is 1. The van der Waals surface area contributed by atoms with Crippen molar-refractivity contribution in [1.82, 2.24) is 0 Å². The molecule has 0 aromatic carbocycles. The van der Waals surface area contributed by atoms with E-state index in [1.165, 1.54) is 18.3 Å². The number of anilines is 1. The lowest BCUT2D eigenvalue weighted by molar-refractivity contribution is -0.409. The lowest BCUT2D eigenvalue weighted by Gasteiger charge is -2.09. The number of rotatable bonds is 1. The molecular weight excluding hydrogens is 296 g/mol. The number of H-pyrrole nitrogens is 1. The number of aromatic amines is 1. The number of hydrogen-bond acceptors (Lipinski definition) is 5. The Balaban J connectivity index is 0.000000325. The average Bonchev–Trinajstić information content (AvgIpc) is 2.17. The van der Waals surface area contributed by atoms with Crippen LogP contribution in [0.25, 0.3) is 0 Å². The Morgan fingerprint density at radius 3 is 2.18 bits per heavy atom. The van der Waals surface area contributed by atoms with Crippen molar-refractivity contribution in [1.29, 1.82) is 0 Å². The Bertz CT molecular complexity index is 421. The van der Waals surface area contributed by atoms with E-state index in [-0.39, 0.29) is 11.5 Å². The minimum atomic E-state index is -2.28. The van der Waals surface area contributed by atoms with Crippen LogP contribution in [0.1, 0.15) is 0 Å². The van der Waals surface area contributed by atoms with E-state index < -0.39 is 14.7 Å². The maximum atomic E-state index is 10.1. The van der Waals surface area contributed by atoms with Crippen molar-refractivity contribution < 1.29 is 19.8 Å². The number of halogens is 3. The highest BCUT2D eigenvalue weighted by Gasteiger charge is 2.20. The Hall–Kier alpha value is -1.31. The number of nitro groups is 1. The number of nitrogens with one attached hydrogen (secondary N) is 1. The zero-order valence-corrected chi connectivity index (χ0v) is 10.3. The van der Waals surface area contributed by atoms with Crippen LogP contribution < -0.4 is 15.8 Å². The van der Waals surface area contributed by atoms with Gasteiger partial charge in [0.25, 0.3) is 0 Å². The van der Waals surface area contributed by atoms with Crippen molar-refractivity contribution in [3.8, 4) is 0 Å². The Morgan fingerprint density at radius 1 is 1.47 bits per heavy atom. The lowest BCUT2D eigenvalue weighted by Crippen LogP contribution is -2.35. The van der Waals surface area contributed by atoms with Crippen LogP contribution in [-0.4, -0.2) is 14.7 Å². The molecule has 0 unspecified atom stereocenters. The largest absolute Gasteiger partial charge is 0.545 e. The first-order valence-electron chi connectivity index (χ1n) is 3.85. The highest BCUT2D eigenvalue weighted by molar-refractivity contribution is 6.75. The van der Waals surface area contributed by atoms with Crippen LogP contribution in [0, 0.1) is 10.1 Å². The van der Waals surface area contributed by atoms with Gasteiger partial charge in [-0.15, -0.1) is 0 Å². The van der Waals surface area contributed by atoms with E-state index in [1.54, 1.807) is 0 Å². The molecule has 0 bridgehead atoms. The summed E-state index contributed by atoms with van der Waals surface area (Å²) in [6.45, 7) is 0. The summed E-state index contributed by atoms with van der Waals surface area (Å²) in [4.78, 5) is 21.6. The van der Waals surface area contributed by atoms with Crippen LogP contribution in [0.4, 0.5) is 11.5 Å². The molecule has 0 saturated carbocycles. The molecule has 7 nitrogen and oxygen atoms in total. The number of pyridine rings is 1. The molecule has 3 N–H and O–H groups in total. The fourth-order valence-corrected chi connectivity index (χ4v) is 0.600. The standard InChI is InChI=1S/C5H5N3O2.C2HCl3O2/c6-5-4(8(9)10)2-1-3-7-5;3-2(4,5)1(6)7/h1-3H,(H2,6,7);(H,6,7). The molecule has 94 valence electrons. The monoisotopic (exact) mass is 301 g/mol. The highest BCUT2D eigenvalue weighted by atomic mass is 35.6. The molecule has 1 heterocycles. The molecule has 1 aromatic heterocycles. The minimum Gasteiger partial charge on any atom is -0.545 e. The third kappa shape index (κ3) is 6.10. The second kappa shape index (κ2) is 6.43. The fraction of sp³-hybridized carbons (Fsp3) is 0.143. The summed E-state index contributed by atoms with van der Waals surface area (Å²) in [6.07, 6.45) is 1.53. The smallest absolute Gasteiger partial charge is 0.357 e. The van der Waals surface area contributed by atoms with Crippen molar-refractivity contribution in [3.05, 3.63) is 28.4 Å². The van der Waals surface area contributed by atoms with Crippen LogP contribution in [0.15, 0.2) is 18.3 Å². The maximum absolute atomic E-state index is 10.1. The van der Waals surface area contributed by atoms with Crippen molar-refractivity contribution in [3.63, 3.8) is 0 Å². The predicted molar refractivity (Wildman–Crippen MR) is 59.4 cm³/mol. The van der Waals surface area contributed by atoms with Gasteiger partial charge in [0.15, 0.2) is 0 Å². The molecule has 0 aliphatic carbocycles. The van der Waals surface area contributed by atoms with Gasteiger partial charge in [-0.3, -0.25) is 15.8 Å². The number of nitrogen functional groups attached to an aromatic ring is 1. The first kappa shape index (κ1) is 15.7. The topological polar surface area (TPSA) is 123 Å². The normalized spacial score (nSPS) is 10.1. The van der Waals surface area contributed by atoms with Gasteiger partial charge >= 0.3 is 11.5 Å². The Kier molecular flexibility index (Phi) is 5.94. The number of hydrogen-bond donors (Lipinski definition) is 1. The summed E-state index contributed by atoms with van der Waals surface area (Å²) in [5, 5.41) is 19.6. The third-order valence-corrected chi connectivity index (χ3v) is 1.76. The highest BCUT2D eigenvalue weighted by Crippen LogP contribution is 2.24. The van der Waals surface area contributed by atoms with Gasteiger partial charge in [-0.05, 0) is 6.07 Å². The molecule has 0 atom stereocenters. The van der Waals surface area contributed by atoms with Gasteiger partial charge in [0.05, 0.1) is 17.1 Å². The van der Waals surface area contributed by atoms with Crippen molar-refractivity contribution in [2.24, 2.45) is 0 Å². The number of aliphatic carboxylic acids is 1. The van der Waals surface area contributed by atoms with Gasteiger partial charge in [-0.25, -0.2) is 4.98 Å². The van der Waals surface area contributed by atoms with Crippen LogP contribution in [0.3, 0.4) is 0 Å². The average molecular weight is 303 g/mol. The molecule has 1 rings (SSSR count). The molecule has 1 aromatic rings. The zero-order valence-electron chi connectivity index (χ0n) is 8.02. The number of carbonyl (C=O) groups is 1. The summed E-state index contributed by atoms with van der Waals surface area (Å²) >= 11 is 14.2. The van der Waals surface area contributed by atoms with Crippen molar-refractivity contribution in [2.45, 2.75) is 3.79 Å². The van der Waals surface area contributed by atoms with E-state index in [9.17, 15) is 20.0 Å². The van der Waals surface area contributed by atoms with Crippen molar-refractivity contribution in [2.75, 3.05) is 5.73 Å². The van der Waals surface area contributed by atoms with E-state index in [1.807, 2.05) is 0 Å².